The van der Waals surface area contributed by atoms with Gasteiger partial charge in [-0.15, -0.1) is 0 Å². The molecule has 13 nitrogen and oxygen atoms in total. The monoisotopic (exact) mass is 491 g/mol. The first-order valence-electron chi connectivity index (χ1n) is 10.6. The smallest absolute Gasteiger partial charge is 0.335 e. The summed E-state index contributed by atoms with van der Waals surface area (Å²) in [6, 6.07) is 8.15. The molecule has 3 rings (SSSR count). The van der Waals surface area contributed by atoms with Crippen molar-refractivity contribution >= 4 is 23.8 Å². The lowest BCUT2D eigenvalue weighted by atomic mass is 10.1. The second kappa shape index (κ2) is 13.3. The number of benzene rings is 1. The van der Waals surface area contributed by atoms with Gasteiger partial charge in [-0.3, -0.25) is 9.69 Å². The first-order valence-corrected chi connectivity index (χ1v) is 10.6. The van der Waals surface area contributed by atoms with E-state index in [0.29, 0.717) is 19.8 Å². The highest BCUT2D eigenvalue weighted by atomic mass is 16.5. The average Bonchev–Trinajstić information content (AvgIpc) is 2.83. The molecular weight excluding hydrogens is 462 g/mol. The van der Waals surface area contributed by atoms with Crippen LogP contribution in [0.4, 0.5) is 5.95 Å². The van der Waals surface area contributed by atoms with E-state index in [1.165, 1.54) is 0 Å². The Balaban J connectivity index is 0.000000367. The number of nitrogens with zero attached hydrogens (tertiary/aromatic N) is 4. The van der Waals surface area contributed by atoms with Crippen LogP contribution in [0.25, 0.3) is 11.1 Å². The summed E-state index contributed by atoms with van der Waals surface area (Å²) in [5.74, 6) is -3.13. The summed E-state index contributed by atoms with van der Waals surface area (Å²) >= 11 is 0. The van der Waals surface area contributed by atoms with Gasteiger partial charge in [-0.1, -0.05) is 18.2 Å². The highest BCUT2D eigenvalue weighted by Crippen LogP contribution is 2.21. The summed E-state index contributed by atoms with van der Waals surface area (Å²) in [4.78, 5) is 43.6. The van der Waals surface area contributed by atoms with Gasteiger partial charge in [-0.25, -0.2) is 19.6 Å². The summed E-state index contributed by atoms with van der Waals surface area (Å²) < 4.78 is 5.35. The van der Waals surface area contributed by atoms with Crippen LogP contribution in [0.1, 0.15) is 5.56 Å². The van der Waals surface area contributed by atoms with E-state index in [2.05, 4.69) is 20.9 Å². The number of carbonyl (C=O) groups is 3. The van der Waals surface area contributed by atoms with Gasteiger partial charge in [-0.2, -0.15) is 0 Å². The van der Waals surface area contributed by atoms with Crippen molar-refractivity contribution in [3.8, 4) is 11.1 Å². The average molecular weight is 492 g/mol. The van der Waals surface area contributed by atoms with Crippen LogP contribution in [0.15, 0.2) is 36.7 Å². The van der Waals surface area contributed by atoms with Gasteiger partial charge >= 0.3 is 11.9 Å². The van der Waals surface area contributed by atoms with Crippen molar-refractivity contribution < 1.29 is 39.5 Å². The number of primary amides is 1. The minimum atomic E-state index is -2.27. The minimum Gasteiger partial charge on any atom is -0.479 e. The largest absolute Gasteiger partial charge is 0.479 e. The number of anilines is 1. The molecule has 1 amide bonds. The van der Waals surface area contributed by atoms with Crippen LogP contribution in [-0.2, 0) is 25.7 Å². The van der Waals surface area contributed by atoms with Gasteiger partial charge < -0.3 is 35.8 Å². The molecule has 6 N–H and O–H groups in total. The number of likely N-dealkylation sites (N-methyl/N-ethyl adjacent to an activating group) is 1. The van der Waals surface area contributed by atoms with E-state index in [0.717, 1.165) is 35.7 Å². The number of aliphatic carboxylic acids is 2. The molecule has 2 heterocycles. The zero-order valence-corrected chi connectivity index (χ0v) is 19.1. The fraction of sp³-hybridized carbons (Fsp3) is 0.409. The van der Waals surface area contributed by atoms with Gasteiger partial charge in [-0.05, 0) is 24.2 Å². The number of carboxylic acids is 2. The molecule has 0 unspecified atom stereocenters. The summed E-state index contributed by atoms with van der Waals surface area (Å²) in [7, 11) is 1.87. The summed E-state index contributed by atoms with van der Waals surface area (Å²) in [6.45, 7) is 3.96. The van der Waals surface area contributed by atoms with Crippen LogP contribution in [0.3, 0.4) is 0 Å². The zero-order valence-electron chi connectivity index (χ0n) is 19.1. The van der Waals surface area contributed by atoms with E-state index in [-0.39, 0.29) is 12.5 Å². The minimum absolute atomic E-state index is 0.238. The Morgan fingerprint density at radius 3 is 2.14 bits per heavy atom. The number of aromatic nitrogens is 2. The van der Waals surface area contributed by atoms with Crippen molar-refractivity contribution in [2.75, 3.05) is 44.8 Å². The highest BCUT2D eigenvalue weighted by Gasteiger charge is 2.29. The molecule has 1 aromatic heterocycles. The van der Waals surface area contributed by atoms with Crippen molar-refractivity contribution in [1.82, 2.24) is 14.9 Å². The van der Waals surface area contributed by atoms with Crippen molar-refractivity contribution in [1.29, 1.82) is 0 Å². The van der Waals surface area contributed by atoms with Gasteiger partial charge in [0.25, 0.3) is 0 Å². The van der Waals surface area contributed by atoms with Crippen LogP contribution in [0.5, 0.6) is 0 Å². The van der Waals surface area contributed by atoms with E-state index in [9.17, 15) is 14.4 Å². The first kappa shape index (κ1) is 27.6. The summed E-state index contributed by atoms with van der Waals surface area (Å²) in [5.41, 5.74) is 8.37. The molecule has 13 heteroatoms. The maximum atomic E-state index is 11.0. The molecule has 0 aliphatic carbocycles. The fourth-order valence-electron chi connectivity index (χ4n) is 3.15. The van der Waals surface area contributed by atoms with Gasteiger partial charge in [0.1, 0.15) is 0 Å². The van der Waals surface area contributed by atoms with Crippen LogP contribution in [0, 0.1) is 0 Å². The van der Waals surface area contributed by atoms with Crippen LogP contribution in [0.2, 0.25) is 0 Å². The molecule has 2 aromatic rings. The van der Waals surface area contributed by atoms with E-state index < -0.39 is 24.1 Å². The third kappa shape index (κ3) is 8.90. The molecule has 1 saturated heterocycles. The molecular formula is C22H29N5O8. The Morgan fingerprint density at radius 1 is 1.06 bits per heavy atom. The Labute approximate surface area is 201 Å². The van der Waals surface area contributed by atoms with E-state index in [1.807, 2.05) is 42.5 Å². The summed E-state index contributed by atoms with van der Waals surface area (Å²) in [6.07, 6.45) is -0.830. The molecule has 1 aliphatic heterocycles. The lowest BCUT2D eigenvalue weighted by molar-refractivity contribution is -0.165. The molecule has 0 spiro atoms. The molecule has 1 aliphatic rings. The number of morpholine rings is 1. The normalized spacial score (nSPS) is 15.0. The number of aliphatic hydroxyl groups excluding tert-OH is 2. The molecule has 0 radical (unpaired) electrons. The lowest BCUT2D eigenvalue weighted by Gasteiger charge is -2.26. The van der Waals surface area contributed by atoms with Gasteiger partial charge in [0.15, 0.2) is 12.2 Å². The Kier molecular flexibility index (Phi) is 10.5. The quantitative estimate of drug-likeness (QED) is 0.280. The van der Waals surface area contributed by atoms with Gasteiger partial charge in [0.2, 0.25) is 11.9 Å². The molecule has 2 atom stereocenters. The van der Waals surface area contributed by atoms with Crippen LogP contribution in [-0.4, -0.2) is 105 Å². The molecule has 35 heavy (non-hydrogen) atoms. The highest BCUT2D eigenvalue weighted by molar-refractivity contribution is 5.83. The second-order valence-corrected chi connectivity index (χ2v) is 7.78. The predicted molar refractivity (Wildman–Crippen MR) is 123 cm³/mol. The molecule has 0 bridgehead atoms. The Morgan fingerprint density at radius 2 is 1.63 bits per heavy atom. The third-order valence-electron chi connectivity index (χ3n) is 4.88. The molecule has 190 valence electrons. The topological polar surface area (TPSA) is 200 Å². The Bertz CT molecular complexity index is 980. The number of hydrogen-bond acceptors (Lipinski definition) is 10. The van der Waals surface area contributed by atoms with Crippen molar-refractivity contribution in [3.05, 3.63) is 42.2 Å². The third-order valence-corrected chi connectivity index (χ3v) is 4.88. The molecule has 1 aromatic carbocycles. The first-order chi connectivity index (χ1) is 16.6. The second-order valence-electron chi connectivity index (χ2n) is 7.78. The number of hydrogen-bond donors (Lipinski definition) is 5. The van der Waals surface area contributed by atoms with Gasteiger partial charge in [0, 0.05) is 37.6 Å². The Hall–Kier alpha value is -3.65. The number of nitrogens with two attached hydrogens (primary N) is 1. The maximum absolute atomic E-state index is 11.0. The number of aliphatic hydroxyl groups is 2. The number of rotatable bonds is 9. The number of ether oxygens (including phenoxy) is 1. The predicted octanol–water partition coefficient (Wildman–Crippen LogP) is -1.23. The molecule has 0 saturated carbocycles. The van der Waals surface area contributed by atoms with Crippen molar-refractivity contribution in [2.24, 2.45) is 5.73 Å². The fourth-order valence-corrected chi connectivity index (χ4v) is 3.15. The van der Waals surface area contributed by atoms with Crippen LogP contribution < -0.4 is 10.6 Å². The summed E-state index contributed by atoms with van der Waals surface area (Å²) in [5, 5.41) is 32.5. The lowest BCUT2D eigenvalue weighted by Crippen LogP contribution is -2.39. The van der Waals surface area contributed by atoms with Crippen LogP contribution >= 0.6 is 0 Å². The zero-order chi connectivity index (χ0) is 26.0. The van der Waals surface area contributed by atoms with Crippen molar-refractivity contribution in [3.63, 3.8) is 0 Å². The van der Waals surface area contributed by atoms with Gasteiger partial charge in [0.05, 0.1) is 19.8 Å². The number of carbonyl (C=O) groups excluding carboxylic acids is 1. The van der Waals surface area contributed by atoms with E-state index >= 15 is 0 Å². The standard InChI is InChI=1S/C18H23N5O2.C4H6O6/c1-22(13-17(19)24)12-14-3-2-4-15(9-14)16-10-20-18(21-11-16)23-5-7-25-8-6-23;5-1(3(7)8)2(6)4(9)10/h2-4,9-11H,5-8,12-13H2,1H3,(H2,19,24);1-2,5-6H,(H,7,8)(H,9,10)/t;1-,2-/m.1/s1. The maximum Gasteiger partial charge on any atom is 0.335 e. The number of amides is 1. The van der Waals surface area contributed by atoms with Crippen molar-refractivity contribution in [2.45, 2.75) is 18.8 Å². The van der Waals surface area contributed by atoms with E-state index in [1.54, 1.807) is 0 Å². The molecule has 1 fully saturated rings. The van der Waals surface area contributed by atoms with E-state index in [4.69, 9.17) is 30.9 Å². The SMILES string of the molecule is CN(CC(N)=O)Cc1cccc(-c2cnc(N3CCOCC3)nc2)c1.O=C(O)[C@H](O)[C@@H](O)C(=O)O. The number of carboxylic acid groups (broad SMARTS) is 2.